The van der Waals surface area contributed by atoms with E-state index in [1.165, 1.54) is 0 Å². The molecule has 1 amide bonds. The van der Waals surface area contributed by atoms with Crippen LogP contribution in [0.15, 0.2) is 46.9 Å². The highest BCUT2D eigenvalue weighted by Gasteiger charge is 2.08. The van der Waals surface area contributed by atoms with Crippen LogP contribution >= 0.6 is 27.5 Å². The average Bonchev–Trinajstić information content (AvgIpc) is 2.37. The smallest absolute Gasteiger partial charge is 0.228 e. The number of nitrogens with two attached hydrogens (primary N) is 1. The van der Waals surface area contributed by atoms with E-state index in [-0.39, 0.29) is 12.3 Å². The van der Waals surface area contributed by atoms with Gasteiger partial charge in [0.1, 0.15) is 0 Å². The van der Waals surface area contributed by atoms with Crippen molar-refractivity contribution in [3.05, 3.63) is 57.5 Å². The number of halogens is 2. The van der Waals surface area contributed by atoms with Gasteiger partial charge in [0, 0.05) is 15.2 Å². The van der Waals surface area contributed by atoms with Gasteiger partial charge in [0.25, 0.3) is 0 Å². The molecule has 3 N–H and O–H groups in total. The second-order valence-corrected chi connectivity index (χ2v) is 5.34. The molecule has 0 aliphatic rings. The number of nitrogen functional groups attached to an aromatic ring is 1. The van der Waals surface area contributed by atoms with Crippen LogP contribution in [0.25, 0.3) is 0 Å². The monoisotopic (exact) mass is 338 g/mol. The highest BCUT2D eigenvalue weighted by molar-refractivity contribution is 9.10. The number of benzene rings is 2. The second-order valence-electron chi connectivity index (χ2n) is 4.05. The standard InChI is InChI=1S/C14H12BrClN2O/c15-11-6-5-10(16)8-13(11)18-14(19)7-9-3-1-2-4-12(9)17/h1-6,8H,7,17H2,(H,18,19). The Morgan fingerprint density at radius 3 is 2.74 bits per heavy atom. The summed E-state index contributed by atoms with van der Waals surface area (Å²) in [7, 11) is 0. The molecule has 0 radical (unpaired) electrons. The maximum atomic E-state index is 12.0. The largest absolute Gasteiger partial charge is 0.398 e. The first kappa shape index (κ1) is 13.9. The van der Waals surface area contributed by atoms with Crippen LogP contribution in [-0.4, -0.2) is 5.91 Å². The Morgan fingerprint density at radius 2 is 2.00 bits per heavy atom. The van der Waals surface area contributed by atoms with Gasteiger partial charge in [-0.3, -0.25) is 4.79 Å². The summed E-state index contributed by atoms with van der Waals surface area (Å²) in [4.78, 5) is 12.0. The minimum atomic E-state index is -0.138. The van der Waals surface area contributed by atoms with Gasteiger partial charge >= 0.3 is 0 Å². The number of anilines is 2. The Labute approximate surface area is 124 Å². The first-order chi connectivity index (χ1) is 9.06. The summed E-state index contributed by atoms with van der Waals surface area (Å²) in [5.74, 6) is -0.138. The van der Waals surface area contributed by atoms with E-state index in [1.54, 1.807) is 24.3 Å². The molecule has 0 spiro atoms. The molecule has 3 nitrogen and oxygen atoms in total. The molecule has 0 aliphatic heterocycles. The zero-order chi connectivity index (χ0) is 13.8. The molecular weight excluding hydrogens is 328 g/mol. The van der Waals surface area contributed by atoms with E-state index >= 15 is 0 Å². The first-order valence-electron chi connectivity index (χ1n) is 5.64. The van der Waals surface area contributed by atoms with E-state index in [1.807, 2.05) is 18.2 Å². The molecule has 0 saturated heterocycles. The normalized spacial score (nSPS) is 10.2. The molecule has 98 valence electrons. The second kappa shape index (κ2) is 6.08. The van der Waals surface area contributed by atoms with Crippen molar-refractivity contribution >= 4 is 44.8 Å². The Morgan fingerprint density at radius 1 is 1.26 bits per heavy atom. The van der Waals surface area contributed by atoms with Crippen LogP contribution in [0, 0.1) is 0 Å². The number of carbonyl (C=O) groups is 1. The van der Waals surface area contributed by atoms with Gasteiger partial charge in [-0.1, -0.05) is 29.8 Å². The van der Waals surface area contributed by atoms with Crippen molar-refractivity contribution in [1.29, 1.82) is 0 Å². The molecule has 0 unspecified atom stereocenters. The third-order valence-electron chi connectivity index (χ3n) is 2.61. The van der Waals surface area contributed by atoms with E-state index in [0.717, 1.165) is 10.0 Å². The maximum absolute atomic E-state index is 12.0. The number of nitrogens with one attached hydrogen (secondary N) is 1. The SMILES string of the molecule is Nc1ccccc1CC(=O)Nc1cc(Cl)ccc1Br. The van der Waals surface area contributed by atoms with Crippen LogP contribution in [0.3, 0.4) is 0 Å². The van der Waals surface area contributed by atoms with E-state index < -0.39 is 0 Å². The number of para-hydroxylation sites is 1. The molecule has 2 aromatic carbocycles. The van der Waals surface area contributed by atoms with Gasteiger partial charge in [-0.15, -0.1) is 0 Å². The molecule has 0 aromatic heterocycles. The Hall–Kier alpha value is -1.52. The van der Waals surface area contributed by atoms with Crippen molar-refractivity contribution in [2.45, 2.75) is 6.42 Å². The molecule has 0 saturated carbocycles. The lowest BCUT2D eigenvalue weighted by atomic mass is 10.1. The third kappa shape index (κ3) is 3.72. The molecule has 0 bridgehead atoms. The fourth-order valence-electron chi connectivity index (χ4n) is 1.66. The van der Waals surface area contributed by atoms with Crippen LogP contribution in [0.5, 0.6) is 0 Å². The van der Waals surface area contributed by atoms with Crippen LogP contribution in [0.2, 0.25) is 5.02 Å². The highest BCUT2D eigenvalue weighted by Crippen LogP contribution is 2.26. The summed E-state index contributed by atoms with van der Waals surface area (Å²) in [5.41, 5.74) is 7.87. The van der Waals surface area contributed by atoms with E-state index in [9.17, 15) is 4.79 Å². The van der Waals surface area contributed by atoms with Crippen LogP contribution in [0.4, 0.5) is 11.4 Å². The zero-order valence-corrected chi connectivity index (χ0v) is 12.3. The van der Waals surface area contributed by atoms with Crippen molar-refractivity contribution in [1.82, 2.24) is 0 Å². The lowest BCUT2D eigenvalue weighted by Crippen LogP contribution is -2.15. The molecule has 0 atom stereocenters. The third-order valence-corrected chi connectivity index (χ3v) is 3.54. The molecule has 0 aliphatic carbocycles. The van der Waals surface area contributed by atoms with Crippen molar-refractivity contribution in [3.63, 3.8) is 0 Å². The van der Waals surface area contributed by atoms with E-state index in [2.05, 4.69) is 21.2 Å². The highest BCUT2D eigenvalue weighted by atomic mass is 79.9. The Kier molecular flexibility index (Phi) is 4.45. The predicted molar refractivity (Wildman–Crippen MR) is 82.3 cm³/mol. The van der Waals surface area contributed by atoms with Gasteiger partial charge in [0.2, 0.25) is 5.91 Å². The summed E-state index contributed by atoms with van der Waals surface area (Å²) in [5, 5.41) is 3.37. The van der Waals surface area contributed by atoms with Crippen molar-refractivity contribution < 1.29 is 4.79 Å². The van der Waals surface area contributed by atoms with Crippen LogP contribution < -0.4 is 11.1 Å². The van der Waals surface area contributed by atoms with Gasteiger partial charge in [0.15, 0.2) is 0 Å². The predicted octanol–water partition coefficient (Wildman–Crippen LogP) is 3.87. The molecule has 2 rings (SSSR count). The summed E-state index contributed by atoms with van der Waals surface area (Å²) in [6.45, 7) is 0. The fraction of sp³-hybridized carbons (Fsp3) is 0.0714. The molecule has 0 heterocycles. The van der Waals surface area contributed by atoms with E-state index in [0.29, 0.717) is 16.4 Å². The topological polar surface area (TPSA) is 55.1 Å². The minimum absolute atomic E-state index is 0.138. The molecule has 19 heavy (non-hydrogen) atoms. The maximum Gasteiger partial charge on any atom is 0.228 e. The molecule has 5 heteroatoms. The number of hydrogen-bond acceptors (Lipinski definition) is 2. The van der Waals surface area contributed by atoms with Gasteiger partial charge in [0.05, 0.1) is 12.1 Å². The van der Waals surface area contributed by atoms with Crippen molar-refractivity contribution in [2.24, 2.45) is 0 Å². The molecule has 2 aromatic rings. The van der Waals surface area contributed by atoms with Crippen molar-refractivity contribution in [3.8, 4) is 0 Å². The molecule has 0 fully saturated rings. The van der Waals surface area contributed by atoms with Gasteiger partial charge in [-0.2, -0.15) is 0 Å². The zero-order valence-electron chi connectivity index (χ0n) is 9.99. The Bertz CT molecular complexity index is 616. The minimum Gasteiger partial charge on any atom is -0.398 e. The summed E-state index contributed by atoms with van der Waals surface area (Å²) in [6.07, 6.45) is 0.228. The van der Waals surface area contributed by atoms with Gasteiger partial charge < -0.3 is 11.1 Å². The number of amides is 1. The summed E-state index contributed by atoms with van der Waals surface area (Å²) < 4.78 is 0.784. The van der Waals surface area contributed by atoms with Crippen LogP contribution in [-0.2, 0) is 11.2 Å². The number of hydrogen-bond donors (Lipinski definition) is 2. The van der Waals surface area contributed by atoms with Gasteiger partial charge in [-0.05, 0) is 45.8 Å². The number of carbonyl (C=O) groups excluding carboxylic acids is 1. The van der Waals surface area contributed by atoms with Gasteiger partial charge in [-0.25, -0.2) is 0 Å². The quantitative estimate of drug-likeness (QED) is 0.834. The van der Waals surface area contributed by atoms with Crippen molar-refractivity contribution in [2.75, 3.05) is 11.1 Å². The van der Waals surface area contributed by atoms with Crippen LogP contribution in [0.1, 0.15) is 5.56 Å². The fourth-order valence-corrected chi connectivity index (χ4v) is 2.17. The summed E-state index contributed by atoms with van der Waals surface area (Å²) >= 11 is 9.25. The number of rotatable bonds is 3. The Balaban J connectivity index is 2.10. The average molecular weight is 340 g/mol. The lowest BCUT2D eigenvalue weighted by molar-refractivity contribution is -0.115. The molecular formula is C14H12BrClN2O. The van der Waals surface area contributed by atoms with E-state index in [4.69, 9.17) is 17.3 Å². The lowest BCUT2D eigenvalue weighted by Gasteiger charge is -2.09. The first-order valence-corrected chi connectivity index (χ1v) is 6.81. The summed E-state index contributed by atoms with van der Waals surface area (Å²) in [6, 6.07) is 12.5.